The topological polar surface area (TPSA) is 86.8 Å². The molecule has 0 aromatic heterocycles. The van der Waals surface area contributed by atoms with Crippen molar-refractivity contribution < 1.29 is 18.0 Å². The van der Waals surface area contributed by atoms with Crippen molar-refractivity contribution in [3.63, 3.8) is 0 Å². The number of sulfonamides is 1. The Kier molecular flexibility index (Phi) is 8.88. The molecule has 2 amide bonds. The molecule has 1 unspecified atom stereocenters. The number of carbonyl (C=O) groups excluding carboxylic acids is 2. The minimum absolute atomic E-state index is 0.0215. The van der Waals surface area contributed by atoms with Gasteiger partial charge in [-0.15, -0.1) is 0 Å². The Hall–Kier alpha value is -2.13. The van der Waals surface area contributed by atoms with Crippen molar-refractivity contribution in [1.29, 1.82) is 0 Å². The van der Waals surface area contributed by atoms with E-state index in [1.807, 2.05) is 0 Å². The molecule has 1 N–H and O–H groups in total. The Morgan fingerprint density at radius 3 is 2.03 bits per heavy atom. The number of hydrogen-bond acceptors (Lipinski definition) is 4. The van der Waals surface area contributed by atoms with Gasteiger partial charge < -0.3 is 10.2 Å². The largest absolute Gasteiger partial charge is 0.355 e. The van der Waals surface area contributed by atoms with Crippen LogP contribution in [-0.2, 0) is 26.2 Å². The van der Waals surface area contributed by atoms with Crippen LogP contribution in [0, 0.1) is 0 Å². The highest BCUT2D eigenvalue weighted by Gasteiger charge is 2.30. The van der Waals surface area contributed by atoms with Gasteiger partial charge in [-0.05, 0) is 55.8 Å². The summed E-state index contributed by atoms with van der Waals surface area (Å²) >= 11 is 11.8. The number of carbonyl (C=O) groups is 2. The average Bonchev–Trinajstić information content (AvgIpc) is 2.73. The van der Waals surface area contributed by atoms with E-state index in [0.717, 1.165) is 9.87 Å². The molecule has 10 heteroatoms. The molecule has 0 heterocycles. The van der Waals surface area contributed by atoms with Crippen molar-refractivity contribution in [2.45, 2.75) is 31.3 Å². The van der Waals surface area contributed by atoms with Crippen LogP contribution in [0.1, 0.15) is 19.4 Å². The van der Waals surface area contributed by atoms with Crippen LogP contribution in [0.4, 0.5) is 0 Å². The first-order chi connectivity index (χ1) is 14.6. The number of hydrogen-bond donors (Lipinski definition) is 1. The summed E-state index contributed by atoms with van der Waals surface area (Å²) in [4.78, 5) is 26.9. The smallest absolute Gasteiger partial charge is 0.243 e. The van der Waals surface area contributed by atoms with Gasteiger partial charge in [0.25, 0.3) is 0 Å². The molecule has 31 heavy (non-hydrogen) atoms. The van der Waals surface area contributed by atoms with Crippen LogP contribution >= 0.6 is 23.2 Å². The van der Waals surface area contributed by atoms with Gasteiger partial charge in [-0.2, -0.15) is 4.31 Å². The first kappa shape index (κ1) is 25.1. The van der Waals surface area contributed by atoms with Crippen LogP contribution in [0.15, 0.2) is 53.4 Å². The molecule has 7 nitrogen and oxygen atoms in total. The molecule has 0 bridgehead atoms. The summed E-state index contributed by atoms with van der Waals surface area (Å²) in [6, 6.07) is 11.8. The van der Waals surface area contributed by atoms with Crippen molar-refractivity contribution in [2.75, 3.05) is 20.1 Å². The number of nitrogens with one attached hydrogen (secondary N) is 1. The van der Waals surface area contributed by atoms with Crippen LogP contribution in [0.2, 0.25) is 10.0 Å². The number of rotatable bonds is 9. The van der Waals surface area contributed by atoms with E-state index in [2.05, 4.69) is 5.32 Å². The van der Waals surface area contributed by atoms with E-state index < -0.39 is 28.5 Å². The fraction of sp³-hybridized carbons (Fsp3) is 0.333. The number of benzene rings is 2. The second kappa shape index (κ2) is 10.9. The minimum atomic E-state index is -3.91. The van der Waals surface area contributed by atoms with Crippen LogP contribution in [0.5, 0.6) is 0 Å². The zero-order valence-corrected chi connectivity index (χ0v) is 19.8. The van der Waals surface area contributed by atoms with E-state index in [1.165, 1.54) is 36.2 Å². The lowest BCUT2D eigenvalue weighted by molar-refractivity contribution is -0.140. The Labute approximate surface area is 193 Å². The summed E-state index contributed by atoms with van der Waals surface area (Å²) in [5, 5.41) is 3.65. The molecule has 0 aliphatic heterocycles. The van der Waals surface area contributed by atoms with Crippen LogP contribution in [-0.4, -0.2) is 55.6 Å². The van der Waals surface area contributed by atoms with Gasteiger partial charge in [-0.1, -0.05) is 35.3 Å². The summed E-state index contributed by atoms with van der Waals surface area (Å²) in [5.41, 5.74) is 0.761. The minimum Gasteiger partial charge on any atom is -0.355 e. The second-order valence-corrected chi connectivity index (χ2v) is 9.85. The van der Waals surface area contributed by atoms with Crippen molar-refractivity contribution in [3.8, 4) is 0 Å². The van der Waals surface area contributed by atoms with Crippen LogP contribution < -0.4 is 5.32 Å². The van der Waals surface area contributed by atoms with Crippen molar-refractivity contribution in [1.82, 2.24) is 14.5 Å². The Morgan fingerprint density at radius 1 is 1.00 bits per heavy atom. The lowest BCUT2D eigenvalue weighted by Gasteiger charge is -2.30. The van der Waals surface area contributed by atoms with Gasteiger partial charge in [-0.25, -0.2) is 8.42 Å². The van der Waals surface area contributed by atoms with Gasteiger partial charge in [0.2, 0.25) is 21.8 Å². The fourth-order valence-electron chi connectivity index (χ4n) is 2.84. The number of amides is 2. The lowest BCUT2D eigenvalue weighted by Crippen LogP contribution is -2.50. The predicted octanol–water partition coefficient (Wildman–Crippen LogP) is 3.17. The van der Waals surface area contributed by atoms with Gasteiger partial charge in [0.15, 0.2) is 0 Å². The molecule has 0 fully saturated rings. The third kappa shape index (κ3) is 6.67. The summed E-state index contributed by atoms with van der Waals surface area (Å²) in [7, 11) is -2.59. The Morgan fingerprint density at radius 2 is 1.52 bits per heavy atom. The van der Waals surface area contributed by atoms with E-state index in [-0.39, 0.29) is 17.3 Å². The van der Waals surface area contributed by atoms with Gasteiger partial charge in [0, 0.05) is 30.2 Å². The summed E-state index contributed by atoms with van der Waals surface area (Å²) in [6.07, 6.45) is 0. The van der Waals surface area contributed by atoms with Gasteiger partial charge in [0.1, 0.15) is 6.04 Å². The fourth-order valence-corrected chi connectivity index (χ4v) is 4.22. The Balaban J connectivity index is 2.25. The molecule has 0 radical (unpaired) electrons. The average molecular weight is 486 g/mol. The molecule has 2 rings (SSSR count). The molecule has 0 aliphatic rings. The molecular weight excluding hydrogens is 461 g/mol. The van der Waals surface area contributed by atoms with E-state index in [1.54, 1.807) is 38.1 Å². The quantitative estimate of drug-likeness (QED) is 0.590. The van der Waals surface area contributed by atoms with E-state index >= 15 is 0 Å². The zero-order valence-electron chi connectivity index (χ0n) is 17.5. The van der Waals surface area contributed by atoms with E-state index in [9.17, 15) is 18.0 Å². The zero-order chi connectivity index (χ0) is 23.2. The van der Waals surface area contributed by atoms with Gasteiger partial charge >= 0.3 is 0 Å². The molecule has 0 saturated carbocycles. The van der Waals surface area contributed by atoms with E-state index in [0.29, 0.717) is 16.6 Å². The first-order valence-corrected chi connectivity index (χ1v) is 11.8. The maximum atomic E-state index is 13.1. The highest BCUT2D eigenvalue weighted by Crippen LogP contribution is 2.19. The number of halogens is 2. The summed E-state index contributed by atoms with van der Waals surface area (Å²) in [5.74, 6) is -0.832. The molecule has 0 aliphatic carbocycles. The molecule has 0 spiro atoms. The van der Waals surface area contributed by atoms with Crippen LogP contribution in [0.3, 0.4) is 0 Å². The third-order valence-electron chi connectivity index (χ3n) is 4.66. The van der Waals surface area contributed by atoms with Crippen molar-refractivity contribution in [3.05, 3.63) is 64.1 Å². The SMILES string of the molecule is CCNC(=O)C(C)N(Cc1ccc(Cl)cc1)C(=O)CN(C)S(=O)(=O)c1ccc(Cl)cc1. The molecular formula is C21H25Cl2N3O4S. The molecule has 2 aromatic rings. The molecule has 0 saturated heterocycles. The van der Waals surface area contributed by atoms with E-state index in [4.69, 9.17) is 23.2 Å². The first-order valence-electron chi connectivity index (χ1n) is 9.59. The highest BCUT2D eigenvalue weighted by molar-refractivity contribution is 7.89. The molecule has 2 aromatic carbocycles. The number of nitrogens with zero attached hydrogens (tertiary/aromatic N) is 2. The maximum absolute atomic E-state index is 13.1. The Bertz CT molecular complexity index is 1010. The third-order valence-corrected chi connectivity index (χ3v) is 6.99. The predicted molar refractivity (Wildman–Crippen MR) is 121 cm³/mol. The van der Waals surface area contributed by atoms with Crippen LogP contribution in [0.25, 0.3) is 0 Å². The van der Waals surface area contributed by atoms with Gasteiger partial charge in [-0.3, -0.25) is 9.59 Å². The summed E-state index contributed by atoms with van der Waals surface area (Å²) < 4.78 is 26.6. The monoisotopic (exact) mass is 485 g/mol. The summed E-state index contributed by atoms with van der Waals surface area (Å²) in [6.45, 7) is 3.50. The number of likely N-dealkylation sites (N-methyl/N-ethyl adjacent to an activating group) is 2. The van der Waals surface area contributed by atoms with Crippen molar-refractivity contribution >= 4 is 45.0 Å². The van der Waals surface area contributed by atoms with Crippen molar-refractivity contribution in [2.24, 2.45) is 0 Å². The maximum Gasteiger partial charge on any atom is 0.243 e. The second-order valence-electron chi connectivity index (χ2n) is 6.93. The normalized spacial score (nSPS) is 12.5. The highest BCUT2D eigenvalue weighted by atomic mass is 35.5. The lowest BCUT2D eigenvalue weighted by atomic mass is 10.1. The molecule has 1 atom stereocenters. The van der Waals surface area contributed by atoms with Gasteiger partial charge in [0.05, 0.1) is 11.4 Å². The molecule has 168 valence electrons. The standard InChI is InChI=1S/C21H25Cl2N3O4S/c1-4-24-21(28)15(2)26(13-16-5-7-17(22)8-6-16)20(27)14-25(3)31(29,30)19-11-9-18(23)10-12-19/h5-12,15H,4,13-14H2,1-3H3,(H,24,28).